The van der Waals surface area contributed by atoms with Crippen LogP contribution < -0.4 is 5.32 Å². The molecule has 0 aliphatic rings. The largest absolute Gasteiger partial charge is 0.462 e. The van der Waals surface area contributed by atoms with Gasteiger partial charge in [0.25, 0.3) is 0 Å². The summed E-state index contributed by atoms with van der Waals surface area (Å²) in [6, 6.07) is 7.82. The van der Waals surface area contributed by atoms with Crippen molar-refractivity contribution in [3.8, 4) is 0 Å². The number of thiophene rings is 1. The number of fused-ring (bicyclic) bond motifs is 1. The molecule has 0 spiro atoms. The van der Waals surface area contributed by atoms with Crippen molar-refractivity contribution in [1.82, 2.24) is 0 Å². The third-order valence-corrected chi connectivity index (χ3v) is 3.71. The van der Waals surface area contributed by atoms with Gasteiger partial charge < -0.3 is 14.8 Å². The Morgan fingerprint density at radius 2 is 1.82 bits per heavy atom. The number of nitrogens with one attached hydrogen (secondary N) is 1. The van der Waals surface area contributed by atoms with E-state index in [0.717, 1.165) is 15.8 Å². The Labute approximate surface area is 132 Å². The maximum absolute atomic E-state index is 11.8. The van der Waals surface area contributed by atoms with Crippen LogP contribution in [0.1, 0.15) is 13.8 Å². The normalized spacial score (nSPS) is 10.1. The van der Waals surface area contributed by atoms with Crippen LogP contribution in [-0.4, -0.2) is 25.2 Å². The van der Waals surface area contributed by atoms with Crippen LogP contribution in [0.5, 0.6) is 0 Å². The van der Waals surface area contributed by atoms with Crippen molar-refractivity contribution in [2.75, 3.05) is 18.5 Å². The summed E-state index contributed by atoms with van der Waals surface area (Å²) in [7, 11) is 0. The van der Waals surface area contributed by atoms with Gasteiger partial charge in [0.1, 0.15) is 0 Å². The average molecular weight is 319 g/mol. The summed E-state index contributed by atoms with van der Waals surface area (Å²) in [5, 5.41) is 6.10. The number of carbonyl (C=O) groups excluding carboxylic acids is 2. The first-order valence-corrected chi connectivity index (χ1v) is 7.81. The van der Waals surface area contributed by atoms with Gasteiger partial charge in [0.15, 0.2) is 5.57 Å². The molecule has 116 valence electrons. The second kappa shape index (κ2) is 7.61. The van der Waals surface area contributed by atoms with Gasteiger partial charge in [0.05, 0.1) is 13.2 Å². The molecule has 0 amide bonds. The Morgan fingerprint density at radius 1 is 1.14 bits per heavy atom. The van der Waals surface area contributed by atoms with Gasteiger partial charge >= 0.3 is 11.9 Å². The van der Waals surface area contributed by atoms with Crippen molar-refractivity contribution in [3.63, 3.8) is 0 Å². The zero-order valence-electron chi connectivity index (χ0n) is 12.4. The number of rotatable bonds is 6. The molecular formula is C16H17NO4S. The molecule has 6 heteroatoms. The Balaban J connectivity index is 2.20. The van der Waals surface area contributed by atoms with E-state index in [2.05, 4.69) is 5.32 Å². The number of carbonyl (C=O) groups is 2. The molecule has 0 atom stereocenters. The fourth-order valence-electron chi connectivity index (χ4n) is 1.82. The van der Waals surface area contributed by atoms with Gasteiger partial charge in [0.2, 0.25) is 0 Å². The fraction of sp³-hybridized carbons (Fsp3) is 0.250. The molecule has 0 radical (unpaired) electrons. The molecule has 0 saturated carbocycles. The van der Waals surface area contributed by atoms with Gasteiger partial charge in [-0.2, -0.15) is 0 Å². The summed E-state index contributed by atoms with van der Waals surface area (Å²) in [6.07, 6.45) is 1.32. The van der Waals surface area contributed by atoms with Crippen LogP contribution in [0.3, 0.4) is 0 Å². The minimum atomic E-state index is -0.703. The Hall–Kier alpha value is -2.34. The van der Waals surface area contributed by atoms with E-state index in [4.69, 9.17) is 9.47 Å². The van der Waals surface area contributed by atoms with Crippen molar-refractivity contribution < 1.29 is 19.1 Å². The van der Waals surface area contributed by atoms with Crippen LogP contribution in [0.25, 0.3) is 10.1 Å². The third kappa shape index (κ3) is 3.85. The van der Waals surface area contributed by atoms with Gasteiger partial charge in [-0.3, -0.25) is 0 Å². The van der Waals surface area contributed by atoms with Gasteiger partial charge in [-0.15, -0.1) is 11.3 Å². The molecule has 0 fully saturated rings. The molecule has 0 saturated heterocycles. The molecule has 1 aromatic carbocycles. The fourth-order valence-corrected chi connectivity index (χ4v) is 2.65. The number of hydrogen-bond acceptors (Lipinski definition) is 6. The maximum Gasteiger partial charge on any atom is 0.347 e. The SMILES string of the molecule is CCOC(=O)C(=CNc1ccc2ccsc2c1)C(=O)OCC. The summed E-state index contributed by atoms with van der Waals surface area (Å²) < 4.78 is 10.9. The minimum Gasteiger partial charge on any atom is -0.462 e. The average Bonchev–Trinajstić information content (AvgIpc) is 2.95. The molecule has 2 rings (SSSR count). The standard InChI is InChI=1S/C16H17NO4S/c1-3-20-15(18)13(16(19)21-4-2)10-17-12-6-5-11-7-8-22-14(11)9-12/h5-10,17H,3-4H2,1-2H3. The van der Waals surface area contributed by atoms with Crippen molar-refractivity contribution in [3.05, 3.63) is 41.4 Å². The van der Waals surface area contributed by atoms with E-state index < -0.39 is 11.9 Å². The molecular weight excluding hydrogens is 302 g/mol. The maximum atomic E-state index is 11.8. The summed E-state index contributed by atoms with van der Waals surface area (Å²) in [4.78, 5) is 23.6. The lowest BCUT2D eigenvalue weighted by Crippen LogP contribution is -2.19. The van der Waals surface area contributed by atoms with Crippen LogP contribution in [0, 0.1) is 0 Å². The number of ether oxygens (including phenoxy) is 2. The van der Waals surface area contributed by atoms with Crippen molar-refractivity contribution in [2.24, 2.45) is 0 Å². The van der Waals surface area contributed by atoms with Crippen LogP contribution in [0.2, 0.25) is 0 Å². The molecule has 0 bridgehead atoms. The van der Waals surface area contributed by atoms with E-state index >= 15 is 0 Å². The quantitative estimate of drug-likeness (QED) is 0.383. The Morgan fingerprint density at radius 3 is 2.45 bits per heavy atom. The molecule has 0 unspecified atom stereocenters. The lowest BCUT2D eigenvalue weighted by atomic mass is 10.2. The lowest BCUT2D eigenvalue weighted by Gasteiger charge is -2.07. The first kappa shape index (κ1) is 16.0. The van der Waals surface area contributed by atoms with Gasteiger partial charge in [-0.25, -0.2) is 9.59 Å². The molecule has 5 nitrogen and oxygen atoms in total. The molecule has 2 aromatic rings. The first-order valence-electron chi connectivity index (χ1n) is 6.94. The molecule has 1 aromatic heterocycles. The predicted octanol–water partition coefficient (Wildman–Crippen LogP) is 3.32. The molecule has 0 aliphatic heterocycles. The smallest absolute Gasteiger partial charge is 0.347 e. The second-order valence-electron chi connectivity index (χ2n) is 4.32. The van der Waals surface area contributed by atoms with E-state index in [0.29, 0.717) is 0 Å². The number of hydrogen-bond donors (Lipinski definition) is 1. The second-order valence-corrected chi connectivity index (χ2v) is 5.26. The summed E-state index contributed by atoms with van der Waals surface area (Å²) in [6.45, 7) is 3.74. The van der Waals surface area contributed by atoms with Gasteiger partial charge in [0, 0.05) is 16.6 Å². The van der Waals surface area contributed by atoms with Gasteiger partial charge in [-0.1, -0.05) is 6.07 Å². The molecule has 1 heterocycles. The Bertz CT molecular complexity index is 685. The lowest BCUT2D eigenvalue weighted by molar-refractivity contribution is -0.146. The number of anilines is 1. The van der Waals surface area contributed by atoms with E-state index in [1.807, 2.05) is 29.6 Å². The zero-order valence-corrected chi connectivity index (χ0v) is 13.2. The van der Waals surface area contributed by atoms with E-state index in [9.17, 15) is 9.59 Å². The topological polar surface area (TPSA) is 64.6 Å². The summed E-state index contributed by atoms with van der Waals surface area (Å²) >= 11 is 1.62. The minimum absolute atomic E-state index is 0.157. The first-order chi connectivity index (χ1) is 10.7. The van der Waals surface area contributed by atoms with E-state index in [-0.39, 0.29) is 18.8 Å². The molecule has 1 N–H and O–H groups in total. The summed E-state index contributed by atoms with van der Waals surface area (Å²) in [5.41, 5.74) is 0.621. The zero-order chi connectivity index (χ0) is 15.9. The predicted molar refractivity (Wildman–Crippen MR) is 86.8 cm³/mol. The highest BCUT2D eigenvalue weighted by Gasteiger charge is 2.20. The highest BCUT2D eigenvalue weighted by molar-refractivity contribution is 7.17. The van der Waals surface area contributed by atoms with Crippen molar-refractivity contribution >= 4 is 39.0 Å². The van der Waals surface area contributed by atoms with Crippen molar-refractivity contribution in [1.29, 1.82) is 0 Å². The number of benzene rings is 1. The highest BCUT2D eigenvalue weighted by Crippen LogP contribution is 2.24. The van der Waals surface area contributed by atoms with Gasteiger partial charge in [-0.05, 0) is 42.8 Å². The monoisotopic (exact) mass is 319 g/mol. The van der Waals surface area contributed by atoms with E-state index in [1.54, 1.807) is 25.2 Å². The summed E-state index contributed by atoms with van der Waals surface area (Å²) in [5.74, 6) is -1.41. The van der Waals surface area contributed by atoms with Crippen LogP contribution in [0.15, 0.2) is 41.4 Å². The van der Waals surface area contributed by atoms with E-state index in [1.165, 1.54) is 6.20 Å². The number of esters is 2. The molecule has 22 heavy (non-hydrogen) atoms. The third-order valence-electron chi connectivity index (χ3n) is 2.83. The Kier molecular flexibility index (Phi) is 5.55. The highest BCUT2D eigenvalue weighted by atomic mass is 32.1. The van der Waals surface area contributed by atoms with Crippen LogP contribution in [0.4, 0.5) is 5.69 Å². The van der Waals surface area contributed by atoms with Crippen molar-refractivity contribution in [2.45, 2.75) is 13.8 Å². The van der Waals surface area contributed by atoms with Crippen LogP contribution >= 0.6 is 11.3 Å². The molecule has 0 aliphatic carbocycles. The van der Waals surface area contributed by atoms with Crippen LogP contribution in [-0.2, 0) is 19.1 Å².